The topological polar surface area (TPSA) is 64.3 Å². The van der Waals surface area contributed by atoms with E-state index < -0.39 is 17.5 Å². The van der Waals surface area contributed by atoms with Gasteiger partial charge in [0.25, 0.3) is 5.91 Å². The molecule has 2 rings (SSSR count). The van der Waals surface area contributed by atoms with Crippen molar-refractivity contribution in [3.8, 4) is 5.75 Å². The molecule has 1 amide bonds. The second kappa shape index (κ2) is 5.56. The summed E-state index contributed by atoms with van der Waals surface area (Å²) in [7, 11) is 1.33. The third kappa shape index (κ3) is 2.85. The van der Waals surface area contributed by atoms with Gasteiger partial charge in [-0.05, 0) is 36.4 Å². The summed E-state index contributed by atoms with van der Waals surface area (Å²) in [6.45, 7) is 0. The normalized spacial score (nSPS) is 10.2. The molecule has 0 radical (unpaired) electrons. The van der Waals surface area contributed by atoms with E-state index >= 15 is 0 Å². The molecule has 2 aromatic carbocycles. The highest BCUT2D eigenvalue weighted by atomic mass is 19.1. The van der Waals surface area contributed by atoms with Crippen molar-refractivity contribution in [1.29, 1.82) is 0 Å². The number of rotatable bonds is 3. The van der Waals surface area contributed by atoms with Gasteiger partial charge in [-0.15, -0.1) is 0 Å². The number of methoxy groups -OCH3 is 1. The standard InChI is InChI=1S/C14H12F2N2O2/c1-20-13-5-2-8(6-10(13)16)14(19)18-12-7-9(15)3-4-11(12)17/h2-7H,17H2,1H3,(H,18,19). The minimum absolute atomic E-state index is 0.0341. The van der Waals surface area contributed by atoms with Crippen LogP contribution in [0.5, 0.6) is 5.75 Å². The summed E-state index contributed by atoms with van der Waals surface area (Å²) in [5.74, 6) is -1.75. The van der Waals surface area contributed by atoms with Crippen LogP contribution in [0.15, 0.2) is 36.4 Å². The molecule has 0 spiro atoms. The van der Waals surface area contributed by atoms with Gasteiger partial charge in [-0.2, -0.15) is 0 Å². The van der Waals surface area contributed by atoms with Gasteiger partial charge in [-0.1, -0.05) is 0 Å². The van der Waals surface area contributed by atoms with Crippen molar-refractivity contribution in [3.63, 3.8) is 0 Å². The van der Waals surface area contributed by atoms with E-state index in [9.17, 15) is 13.6 Å². The molecule has 3 N–H and O–H groups in total. The quantitative estimate of drug-likeness (QED) is 0.848. The molecule has 0 aliphatic carbocycles. The molecular weight excluding hydrogens is 266 g/mol. The van der Waals surface area contributed by atoms with Crippen LogP contribution in [0.1, 0.15) is 10.4 Å². The molecule has 0 aliphatic rings. The van der Waals surface area contributed by atoms with Crippen molar-refractivity contribution in [2.24, 2.45) is 0 Å². The number of carbonyl (C=O) groups excluding carboxylic acids is 1. The Kier molecular flexibility index (Phi) is 3.84. The highest BCUT2D eigenvalue weighted by Gasteiger charge is 2.12. The first-order chi connectivity index (χ1) is 9.51. The van der Waals surface area contributed by atoms with Crippen LogP contribution >= 0.6 is 0 Å². The lowest BCUT2D eigenvalue weighted by Crippen LogP contribution is -2.13. The average Bonchev–Trinajstić information content (AvgIpc) is 2.42. The van der Waals surface area contributed by atoms with Gasteiger partial charge < -0.3 is 15.8 Å². The van der Waals surface area contributed by atoms with Gasteiger partial charge >= 0.3 is 0 Å². The van der Waals surface area contributed by atoms with Crippen LogP contribution in [-0.2, 0) is 0 Å². The SMILES string of the molecule is COc1ccc(C(=O)Nc2cc(F)ccc2N)cc1F. The molecule has 4 nitrogen and oxygen atoms in total. The second-order valence-corrected chi connectivity index (χ2v) is 4.04. The Morgan fingerprint density at radius 1 is 1.20 bits per heavy atom. The van der Waals surface area contributed by atoms with Crippen molar-refractivity contribution in [3.05, 3.63) is 53.6 Å². The molecule has 6 heteroatoms. The lowest BCUT2D eigenvalue weighted by molar-refractivity contribution is 0.102. The number of anilines is 2. The number of hydrogen-bond acceptors (Lipinski definition) is 3. The summed E-state index contributed by atoms with van der Waals surface area (Å²) in [5, 5.41) is 2.42. The Bertz CT molecular complexity index is 660. The second-order valence-electron chi connectivity index (χ2n) is 4.04. The van der Waals surface area contributed by atoms with E-state index in [1.165, 1.54) is 31.4 Å². The zero-order valence-corrected chi connectivity index (χ0v) is 10.6. The summed E-state index contributed by atoms with van der Waals surface area (Å²) >= 11 is 0. The zero-order chi connectivity index (χ0) is 14.7. The molecule has 2 aromatic rings. The maximum Gasteiger partial charge on any atom is 0.255 e. The summed E-state index contributed by atoms with van der Waals surface area (Å²) in [5.41, 5.74) is 6.04. The summed E-state index contributed by atoms with van der Waals surface area (Å²) < 4.78 is 31.3. The molecule has 0 saturated heterocycles. The molecule has 0 saturated carbocycles. The van der Waals surface area contributed by atoms with Crippen LogP contribution in [0.4, 0.5) is 20.2 Å². The fourth-order valence-electron chi connectivity index (χ4n) is 1.64. The van der Waals surface area contributed by atoms with E-state index in [-0.39, 0.29) is 22.7 Å². The van der Waals surface area contributed by atoms with Gasteiger partial charge in [0.05, 0.1) is 18.5 Å². The molecule has 104 valence electrons. The molecule has 0 atom stereocenters. The predicted octanol–water partition coefficient (Wildman–Crippen LogP) is 2.81. The molecule has 0 unspecified atom stereocenters. The summed E-state index contributed by atoms with van der Waals surface area (Å²) in [6.07, 6.45) is 0. The van der Waals surface area contributed by atoms with Gasteiger partial charge in [0.2, 0.25) is 0 Å². The number of nitrogens with two attached hydrogens (primary N) is 1. The van der Waals surface area contributed by atoms with Gasteiger partial charge in [0.1, 0.15) is 5.82 Å². The monoisotopic (exact) mass is 278 g/mol. The molecule has 0 aromatic heterocycles. The number of nitrogen functional groups attached to an aromatic ring is 1. The number of hydrogen-bond donors (Lipinski definition) is 2. The van der Waals surface area contributed by atoms with Crippen LogP contribution in [0.2, 0.25) is 0 Å². The fraction of sp³-hybridized carbons (Fsp3) is 0.0714. The summed E-state index contributed by atoms with van der Waals surface area (Å²) in [6, 6.07) is 7.36. The van der Waals surface area contributed by atoms with E-state index in [4.69, 9.17) is 10.5 Å². The van der Waals surface area contributed by atoms with E-state index in [1.54, 1.807) is 0 Å². The average molecular weight is 278 g/mol. The minimum Gasteiger partial charge on any atom is -0.494 e. The minimum atomic E-state index is -0.660. The van der Waals surface area contributed by atoms with Crippen molar-refractivity contribution in [2.75, 3.05) is 18.2 Å². The molecule has 0 aliphatic heterocycles. The molecule has 0 fully saturated rings. The first kappa shape index (κ1) is 13.8. The number of benzene rings is 2. The van der Waals surface area contributed by atoms with Crippen LogP contribution in [0.25, 0.3) is 0 Å². The highest BCUT2D eigenvalue weighted by molar-refractivity contribution is 6.05. The van der Waals surface area contributed by atoms with Crippen LogP contribution in [-0.4, -0.2) is 13.0 Å². The van der Waals surface area contributed by atoms with Crippen molar-refractivity contribution in [2.45, 2.75) is 0 Å². The van der Waals surface area contributed by atoms with E-state index in [0.29, 0.717) is 0 Å². The maximum atomic E-state index is 13.5. The molecule has 0 heterocycles. The maximum absolute atomic E-state index is 13.5. The largest absolute Gasteiger partial charge is 0.494 e. The van der Waals surface area contributed by atoms with E-state index in [2.05, 4.69) is 5.32 Å². The lowest BCUT2D eigenvalue weighted by atomic mass is 10.2. The smallest absolute Gasteiger partial charge is 0.255 e. The van der Waals surface area contributed by atoms with Crippen molar-refractivity contribution < 1.29 is 18.3 Å². The number of carbonyl (C=O) groups is 1. The summed E-state index contributed by atoms with van der Waals surface area (Å²) in [4.78, 5) is 11.9. The Morgan fingerprint density at radius 3 is 2.60 bits per heavy atom. The number of ether oxygens (including phenoxy) is 1. The van der Waals surface area contributed by atoms with Crippen LogP contribution < -0.4 is 15.8 Å². The third-order valence-corrected chi connectivity index (χ3v) is 2.68. The number of amides is 1. The third-order valence-electron chi connectivity index (χ3n) is 2.68. The van der Waals surface area contributed by atoms with Crippen LogP contribution in [0.3, 0.4) is 0 Å². The van der Waals surface area contributed by atoms with Crippen molar-refractivity contribution in [1.82, 2.24) is 0 Å². The van der Waals surface area contributed by atoms with Gasteiger partial charge in [0.15, 0.2) is 11.6 Å². The Morgan fingerprint density at radius 2 is 1.95 bits per heavy atom. The predicted molar refractivity (Wildman–Crippen MR) is 71.7 cm³/mol. The van der Waals surface area contributed by atoms with Crippen molar-refractivity contribution >= 4 is 17.3 Å². The van der Waals surface area contributed by atoms with E-state index in [0.717, 1.165) is 12.1 Å². The molecule has 0 bridgehead atoms. The van der Waals surface area contributed by atoms with Gasteiger partial charge in [-0.25, -0.2) is 8.78 Å². The van der Waals surface area contributed by atoms with Gasteiger partial charge in [-0.3, -0.25) is 4.79 Å². The van der Waals surface area contributed by atoms with Crippen LogP contribution in [0, 0.1) is 11.6 Å². The molecular formula is C14H12F2N2O2. The fourth-order valence-corrected chi connectivity index (χ4v) is 1.64. The first-order valence-electron chi connectivity index (χ1n) is 5.71. The lowest BCUT2D eigenvalue weighted by Gasteiger charge is -2.09. The zero-order valence-electron chi connectivity index (χ0n) is 10.6. The van der Waals surface area contributed by atoms with E-state index in [1.807, 2.05) is 0 Å². The number of halogens is 2. The number of nitrogens with one attached hydrogen (secondary N) is 1. The Hall–Kier alpha value is -2.63. The first-order valence-corrected chi connectivity index (χ1v) is 5.71. The Labute approximate surface area is 114 Å². The Balaban J connectivity index is 2.24. The highest BCUT2D eigenvalue weighted by Crippen LogP contribution is 2.22. The molecule has 20 heavy (non-hydrogen) atoms. The van der Waals surface area contributed by atoms with Gasteiger partial charge in [0, 0.05) is 5.56 Å².